The first-order valence-corrected chi connectivity index (χ1v) is 6.78. The second kappa shape index (κ2) is 5.16. The fourth-order valence-electron chi connectivity index (χ4n) is 2.54. The van der Waals surface area contributed by atoms with Crippen LogP contribution in [0, 0.1) is 5.82 Å². The molecule has 3 rings (SSSR count). The lowest BCUT2D eigenvalue weighted by atomic mass is 10.1. The Balaban J connectivity index is 1.80. The van der Waals surface area contributed by atoms with Gasteiger partial charge in [0.2, 0.25) is 0 Å². The Morgan fingerprint density at radius 3 is 3.10 bits per heavy atom. The summed E-state index contributed by atoms with van der Waals surface area (Å²) in [4.78, 5) is 13.8. The molecule has 0 fully saturated rings. The number of aromatic nitrogens is 3. The van der Waals surface area contributed by atoms with Crippen LogP contribution in [-0.4, -0.2) is 32.6 Å². The molecule has 0 bridgehead atoms. The molecule has 0 unspecified atom stereocenters. The third-order valence-electron chi connectivity index (χ3n) is 3.69. The van der Waals surface area contributed by atoms with E-state index < -0.39 is 5.82 Å². The van der Waals surface area contributed by atoms with Crippen molar-refractivity contribution >= 4 is 11.6 Å². The zero-order valence-electron chi connectivity index (χ0n) is 11.7. The summed E-state index contributed by atoms with van der Waals surface area (Å²) in [6.45, 7) is 1.20. The molecular weight excluding hydrogens is 273 g/mol. The van der Waals surface area contributed by atoms with Crippen LogP contribution in [0.15, 0.2) is 18.2 Å². The number of hydrogen-bond donors (Lipinski definition) is 1. The van der Waals surface area contributed by atoms with E-state index in [1.807, 2.05) is 4.57 Å². The predicted molar refractivity (Wildman–Crippen MR) is 75.0 cm³/mol. The van der Waals surface area contributed by atoms with E-state index in [4.69, 9.17) is 5.73 Å². The summed E-state index contributed by atoms with van der Waals surface area (Å²) < 4.78 is 15.5. The Kier molecular flexibility index (Phi) is 3.32. The van der Waals surface area contributed by atoms with Crippen LogP contribution in [0.25, 0.3) is 0 Å². The van der Waals surface area contributed by atoms with Crippen molar-refractivity contribution in [1.82, 2.24) is 19.7 Å². The number of benzene rings is 1. The third kappa shape index (κ3) is 2.35. The number of nitrogen functional groups attached to an aromatic ring is 1. The van der Waals surface area contributed by atoms with Gasteiger partial charge in [0, 0.05) is 20.0 Å². The highest BCUT2D eigenvalue weighted by molar-refractivity contribution is 5.99. The molecule has 6 nitrogen and oxygen atoms in total. The number of nitrogens with zero attached hydrogens (tertiary/aromatic N) is 4. The largest absolute Gasteiger partial charge is 0.396 e. The van der Waals surface area contributed by atoms with Gasteiger partial charge in [-0.2, -0.15) is 0 Å². The molecule has 1 amide bonds. The van der Waals surface area contributed by atoms with Crippen molar-refractivity contribution < 1.29 is 9.18 Å². The lowest BCUT2D eigenvalue weighted by molar-refractivity contribution is 0.0780. The van der Waals surface area contributed by atoms with Crippen LogP contribution in [0.2, 0.25) is 0 Å². The minimum atomic E-state index is -0.586. The van der Waals surface area contributed by atoms with Gasteiger partial charge in [0.05, 0.1) is 17.8 Å². The molecule has 0 saturated carbocycles. The molecule has 0 atom stereocenters. The van der Waals surface area contributed by atoms with E-state index in [1.165, 1.54) is 23.1 Å². The summed E-state index contributed by atoms with van der Waals surface area (Å²) in [5.41, 5.74) is 5.67. The molecule has 1 aliphatic heterocycles. The van der Waals surface area contributed by atoms with Crippen molar-refractivity contribution in [1.29, 1.82) is 0 Å². The average molecular weight is 289 g/mol. The highest BCUT2D eigenvalue weighted by Crippen LogP contribution is 2.19. The molecule has 2 N–H and O–H groups in total. The van der Waals surface area contributed by atoms with E-state index in [-0.39, 0.29) is 17.2 Å². The van der Waals surface area contributed by atoms with Crippen LogP contribution in [0.4, 0.5) is 10.1 Å². The summed E-state index contributed by atoms with van der Waals surface area (Å²) in [6.07, 6.45) is 1.97. The van der Waals surface area contributed by atoms with Crippen molar-refractivity contribution in [3.8, 4) is 0 Å². The van der Waals surface area contributed by atoms with Crippen molar-refractivity contribution in [3.63, 3.8) is 0 Å². The van der Waals surface area contributed by atoms with E-state index in [0.29, 0.717) is 6.54 Å². The SMILES string of the molecule is CN(Cc1nnc2n1CCC2)C(=O)c1cccc(F)c1N. The number of para-hydroxylation sites is 1. The summed E-state index contributed by atoms with van der Waals surface area (Å²) in [5, 5.41) is 8.21. The molecule has 2 aromatic rings. The maximum Gasteiger partial charge on any atom is 0.256 e. The fourth-order valence-corrected chi connectivity index (χ4v) is 2.54. The zero-order valence-corrected chi connectivity index (χ0v) is 11.7. The Morgan fingerprint density at radius 1 is 1.48 bits per heavy atom. The number of anilines is 1. The first kappa shape index (κ1) is 13.5. The molecule has 2 heterocycles. The smallest absolute Gasteiger partial charge is 0.256 e. The summed E-state index contributed by atoms with van der Waals surface area (Å²) in [7, 11) is 1.64. The molecule has 0 saturated heterocycles. The molecule has 0 spiro atoms. The molecule has 7 heteroatoms. The van der Waals surface area contributed by atoms with Gasteiger partial charge >= 0.3 is 0 Å². The zero-order chi connectivity index (χ0) is 15.0. The van der Waals surface area contributed by atoms with Crippen molar-refractivity contribution in [3.05, 3.63) is 41.2 Å². The average Bonchev–Trinajstić information content (AvgIpc) is 3.06. The monoisotopic (exact) mass is 289 g/mol. The highest BCUT2D eigenvalue weighted by Gasteiger charge is 2.22. The van der Waals surface area contributed by atoms with Crippen LogP contribution >= 0.6 is 0 Å². The molecular formula is C14H16FN5O. The molecule has 1 aromatic carbocycles. The molecule has 0 radical (unpaired) electrons. The lowest BCUT2D eigenvalue weighted by Gasteiger charge is -2.18. The lowest BCUT2D eigenvalue weighted by Crippen LogP contribution is -2.28. The Bertz CT molecular complexity index is 697. The minimum Gasteiger partial charge on any atom is -0.396 e. The summed E-state index contributed by atoms with van der Waals surface area (Å²) >= 11 is 0. The molecule has 1 aliphatic rings. The number of rotatable bonds is 3. The fraction of sp³-hybridized carbons (Fsp3) is 0.357. The number of nitrogens with two attached hydrogens (primary N) is 1. The van der Waals surface area contributed by atoms with Crippen LogP contribution in [-0.2, 0) is 19.5 Å². The van der Waals surface area contributed by atoms with Gasteiger partial charge in [-0.25, -0.2) is 4.39 Å². The molecule has 21 heavy (non-hydrogen) atoms. The maximum absolute atomic E-state index is 13.4. The van der Waals surface area contributed by atoms with Crippen LogP contribution < -0.4 is 5.73 Å². The number of halogens is 1. The standard InChI is InChI=1S/C14H16FN5O/c1-19(8-12-18-17-11-6-3-7-20(11)12)14(21)9-4-2-5-10(15)13(9)16/h2,4-5H,3,6-8,16H2,1H3. The van der Waals surface area contributed by atoms with E-state index in [1.54, 1.807) is 7.05 Å². The van der Waals surface area contributed by atoms with Gasteiger partial charge in [-0.05, 0) is 18.6 Å². The van der Waals surface area contributed by atoms with Gasteiger partial charge in [-0.3, -0.25) is 4.79 Å². The quantitative estimate of drug-likeness (QED) is 0.862. The Labute approximate surface area is 121 Å². The van der Waals surface area contributed by atoms with Crippen LogP contribution in [0.3, 0.4) is 0 Å². The first-order valence-electron chi connectivity index (χ1n) is 6.78. The molecule has 0 aliphatic carbocycles. The normalized spacial score (nSPS) is 13.2. The summed E-state index contributed by atoms with van der Waals surface area (Å²) in [6, 6.07) is 4.23. The first-order chi connectivity index (χ1) is 10.1. The molecule has 1 aromatic heterocycles. The second-order valence-corrected chi connectivity index (χ2v) is 5.15. The third-order valence-corrected chi connectivity index (χ3v) is 3.69. The summed E-state index contributed by atoms with van der Waals surface area (Å²) in [5.74, 6) is 0.782. The highest BCUT2D eigenvalue weighted by atomic mass is 19.1. The van der Waals surface area contributed by atoms with Gasteiger partial charge < -0.3 is 15.2 Å². The van der Waals surface area contributed by atoms with E-state index in [9.17, 15) is 9.18 Å². The Hall–Kier alpha value is -2.44. The van der Waals surface area contributed by atoms with Crippen molar-refractivity contribution in [2.75, 3.05) is 12.8 Å². The predicted octanol–water partition coefficient (Wildman–Crippen LogP) is 1.22. The van der Waals surface area contributed by atoms with Gasteiger partial charge in [-0.15, -0.1) is 10.2 Å². The van der Waals surface area contributed by atoms with Crippen LogP contribution in [0.5, 0.6) is 0 Å². The number of hydrogen-bond acceptors (Lipinski definition) is 4. The van der Waals surface area contributed by atoms with Crippen LogP contribution in [0.1, 0.15) is 28.4 Å². The van der Waals surface area contributed by atoms with Crippen molar-refractivity contribution in [2.45, 2.75) is 25.9 Å². The topological polar surface area (TPSA) is 77.0 Å². The Morgan fingerprint density at radius 2 is 2.29 bits per heavy atom. The van der Waals surface area contributed by atoms with E-state index >= 15 is 0 Å². The van der Waals surface area contributed by atoms with E-state index in [0.717, 1.165) is 31.0 Å². The minimum absolute atomic E-state index is 0.124. The van der Waals surface area contributed by atoms with Crippen molar-refractivity contribution in [2.24, 2.45) is 0 Å². The van der Waals surface area contributed by atoms with Gasteiger partial charge in [-0.1, -0.05) is 6.07 Å². The van der Waals surface area contributed by atoms with Gasteiger partial charge in [0.15, 0.2) is 5.82 Å². The van der Waals surface area contributed by atoms with Gasteiger partial charge in [0.1, 0.15) is 11.6 Å². The number of fused-ring (bicyclic) bond motifs is 1. The number of aryl methyl sites for hydroxylation is 1. The maximum atomic E-state index is 13.4. The van der Waals surface area contributed by atoms with E-state index in [2.05, 4.69) is 10.2 Å². The molecule has 110 valence electrons. The number of amides is 1. The number of carbonyl (C=O) groups is 1. The second-order valence-electron chi connectivity index (χ2n) is 5.15. The van der Waals surface area contributed by atoms with Gasteiger partial charge in [0.25, 0.3) is 5.91 Å². The number of carbonyl (C=O) groups excluding carboxylic acids is 1.